The standard InChI is InChI=1S/C18H31ClN2O5S/c1-4-5-10-6-7-20-11(8-10)17(25)21-12(9(2)19)16-14(23)13(22)15(24)18(26-16)27-3/h6,9,11-16,18,20,22-24H,4-5,7-8H2,1-3H3,(H,21,25)/t9-,11-,12+,13-,14+,15+,16?,18+/m0/s1. The average Bonchev–Trinajstić information content (AvgIpc) is 2.65. The van der Waals surface area contributed by atoms with Crippen LogP contribution in [0.15, 0.2) is 11.6 Å². The van der Waals surface area contributed by atoms with E-state index >= 15 is 0 Å². The zero-order chi connectivity index (χ0) is 20.1. The second-order valence-corrected chi connectivity index (χ2v) is 8.79. The molecule has 0 aliphatic carbocycles. The molecule has 0 aromatic rings. The minimum atomic E-state index is -1.37. The summed E-state index contributed by atoms with van der Waals surface area (Å²) in [6.07, 6.45) is 1.61. The molecule has 2 aliphatic rings. The predicted molar refractivity (Wildman–Crippen MR) is 107 cm³/mol. The van der Waals surface area contributed by atoms with Crippen LogP contribution in [0.2, 0.25) is 0 Å². The number of aliphatic hydroxyl groups is 3. The van der Waals surface area contributed by atoms with Crippen molar-refractivity contribution in [1.29, 1.82) is 0 Å². The number of alkyl halides is 1. The molecule has 2 heterocycles. The molecule has 1 fully saturated rings. The smallest absolute Gasteiger partial charge is 0.237 e. The number of carbonyl (C=O) groups excluding carboxylic acids is 1. The maximum Gasteiger partial charge on any atom is 0.237 e. The SMILES string of the molecule is CCCC1=CCN[C@H](C(=O)N[C@@H](C2O[C@H](SC)[C@H](O)[C@@H](O)[C@H]2O)[C@H](C)Cl)C1. The molecule has 7 nitrogen and oxygen atoms in total. The molecule has 1 unspecified atom stereocenters. The van der Waals surface area contributed by atoms with Crippen LogP contribution in [0.25, 0.3) is 0 Å². The maximum atomic E-state index is 12.8. The molecular weight excluding hydrogens is 392 g/mol. The van der Waals surface area contributed by atoms with Gasteiger partial charge in [0, 0.05) is 6.54 Å². The number of ether oxygens (including phenoxy) is 1. The first-order chi connectivity index (χ1) is 12.8. The molecule has 0 aromatic carbocycles. The molecule has 9 heteroatoms. The van der Waals surface area contributed by atoms with Crippen LogP contribution in [0.4, 0.5) is 0 Å². The number of carbonyl (C=O) groups is 1. The summed E-state index contributed by atoms with van der Waals surface area (Å²) in [6.45, 7) is 4.44. The summed E-state index contributed by atoms with van der Waals surface area (Å²) in [5.74, 6) is -0.216. The number of rotatable bonds is 7. The summed E-state index contributed by atoms with van der Waals surface area (Å²) >= 11 is 7.52. The first-order valence-electron chi connectivity index (χ1n) is 9.38. The summed E-state index contributed by atoms with van der Waals surface area (Å²) in [6, 6.07) is -1.09. The maximum absolute atomic E-state index is 12.8. The number of hydrogen-bond acceptors (Lipinski definition) is 7. The Hall–Kier alpha value is -0.350. The predicted octanol–water partition coefficient (Wildman–Crippen LogP) is 0.358. The third kappa shape index (κ3) is 5.59. The van der Waals surface area contributed by atoms with Crippen LogP contribution >= 0.6 is 23.4 Å². The van der Waals surface area contributed by atoms with Crippen molar-refractivity contribution >= 4 is 29.3 Å². The highest BCUT2D eigenvalue weighted by Crippen LogP contribution is 2.30. The van der Waals surface area contributed by atoms with Crippen molar-refractivity contribution in [2.45, 2.75) is 80.4 Å². The van der Waals surface area contributed by atoms with Crippen LogP contribution in [-0.4, -0.2) is 81.3 Å². The Morgan fingerprint density at radius 3 is 2.70 bits per heavy atom. The molecule has 0 radical (unpaired) electrons. The highest BCUT2D eigenvalue weighted by Gasteiger charge is 2.48. The number of halogens is 1. The number of nitrogens with one attached hydrogen (secondary N) is 2. The van der Waals surface area contributed by atoms with Crippen LogP contribution in [0.5, 0.6) is 0 Å². The second-order valence-electron chi connectivity index (χ2n) is 7.17. The topological polar surface area (TPSA) is 111 Å². The molecule has 1 amide bonds. The van der Waals surface area contributed by atoms with E-state index in [0.717, 1.165) is 12.8 Å². The molecule has 0 bridgehead atoms. The van der Waals surface area contributed by atoms with Gasteiger partial charge in [-0.15, -0.1) is 23.4 Å². The van der Waals surface area contributed by atoms with Gasteiger partial charge in [0.2, 0.25) is 5.91 Å². The van der Waals surface area contributed by atoms with Gasteiger partial charge in [0.25, 0.3) is 0 Å². The van der Waals surface area contributed by atoms with Crippen molar-refractivity contribution in [3.8, 4) is 0 Å². The van der Waals surface area contributed by atoms with E-state index in [2.05, 4.69) is 23.6 Å². The number of hydrogen-bond donors (Lipinski definition) is 5. The van der Waals surface area contributed by atoms with Gasteiger partial charge in [0.1, 0.15) is 29.9 Å². The van der Waals surface area contributed by atoms with Gasteiger partial charge in [-0.05, 0) is 26.0 Å². The van der Waals surface area contributed by atoms with Crippen LogP contribution in [0.3, 0.4) is 0 Å². The Balaban J connectivity index is 2.08. The molecule has 8 atom stereocenters. The molecular formula is C18H31ClN2O5S. The highest BCUT2D eigenvalue weighted by molar-refractivity contribution is 7.99. The van der Waals surface area contributed by atoms with E-state index in [1.807, 2.05) is 0 Å². The Morgan fingerprint density at radius 1 is 1.41 bits per heavy atom. The van der Waals surface area contributed by atoms with Gasteiger partial charge in [-0.3, -0.25) is 4.79 Å². The summed E-state index contributed by atoms with van der Waals surface area (Å²) < 4.78 is 5.77. The van der Waals surface area contributed by atoms with Gasteiger partial charge >= 0.3 is 0 Å². The lowest BCUT2D eigenvalue weighted by Crippen LogP contribution is -2.65. The van der Waals surface area contributed by atoms with Gasteiger partial charge < -0.3 is 30.7 Å². The van der Waals surface area contributed by atoms with E-state index in [1.165, 1.54) is 17.3 Å². The van der Waals surface area contributed by atoms with Crippen molar-refractivity contribution in [2.24, 2.45) is 0 Å². The molecule has 0 spiro atoms. The summed E-state index contributed by atoms with van der Waals surface area (Å²) in [4.78, 5) is 12.8. The monoisotopic (exact) mass is 422 g/mol. The first-order valence-corrected chi connectivity index (χ1v) is 11.1. The van der Waals surface area contributed by atoms with Gasteiger partial charge in [-0.1, -0.05) is 25.0 Å². The van der Waals surface area contributed by atoms with Crippen LogP contribution in [0, 0.1) is 0 Å². The average molecular weight is 423 g/mol. The quantitative estimate of drug-likeness (QED) is 0.297. The van der Waals surface area contributed by atoms with E-state index in [1.54, 1.807) is 13.2 Å². The normalized spacial score (nSPS) is 36.6. The van der Waals surface area contributed by atoms with Gasteiger partial charge in [-0.25, -0.2) is 0 Å². The molecule has 2 aliphatic heterocycles. The number of amides is 1. The van der Waals surface area contributed by atoms with Gasteiger partial charge in [0.15, 0.2) is 0 Å². The fourth-order valence-corrected chi connectivity index (χ4v) is 4.45. The molecule has 2 rings (SSSR count). The molecule has 0 saturated carbocycles. The second kappa shape index (κ2) is 10.4. The fourth-order valence-electron chi connectivity index (χ4n) is 3.56. The molecule has 5 N–H and O–H groups in total. The van der Waals surface area contributed by atoms with Crippen molar-refractivity contribution in [1.82, 2.24) is 10.6 Å². The third-order valence-electron chi connectivity index (χ3n) is 5.11. The van der Waals surface area contributed by atoms with E-state index in [9.17, 15) is 20.1 Å². The lowest BCUT2D eigenvalue weighted by atomic mass is 9.92. The fraction of sp³-hybridized carbons (Fsp3) is 0.833. The van der Waals surface area contributed by atoms with Crippen LogP contribution < -0.4 is 10.6 Å². The first kappa shape index (κ1) is 22.9. The number of thioether (sulfide) groups is 1. The van der Waals surface area contributed by atoms with E-state index < -0.39 is 41.3 Å². The Labute approximate surface area is 169 Å². The molecule has 1 saturated heterocycles. The van der Waals surface area contributed by atoms with E-state index in [4.69, 9.17) is 16.3 Å². The molecule has 0 aromatic heterocycles. The van der Waals surface area contributed by atoms with E-state index in [-0.39, 0.29) is 11.9 Å². The van der Waals surface area contributed by atoms with Gasteiger partial charge in [0.05, 0.1) is 17.5 Å². The summed E-state index contributed by atoms with van der Waals surface area (Å²) in [5, 5.41) is 36.1. The van der Waals surface area contributed by atoms with Crippen molar-refractivity contribution in [3.63, 3.8) is 0 Å². The zero-order valence-electron chi connectivity index (χ0n) is 16.0. The Morgan fingerprint density at radius 2 is 2.11 bits per heavy atom. The zero-order valence-corrected chi connectivity index (χ0v) is 17.5. The molecule has 156 valence electrons. The van der Waals surface area contributed by atoms with Crippen molar-refractivity contribution < 1.29 is 24.9 Å². The minimum Gasteiger partial charge on any atom is -0.388 e. The van der Waals surface area contributed by atoms with Crippen molar-refractivity contribution in [2.75, 3.05) is 12.8 Å². The van der Waals surface area contributed by atoms with Crippen LogP contribution in [-0.2, 0) is 9.53 Å². The Kier molecular flexibility index (Phi) is 8.86. The number of aliphatic hydroxyl groups excluding tert-OH is 3. The summed E-state index contributed by atoms with van der Waals surface area (Å²) in [7, 11) is 0. The largest absolute Gasteiger partial charge is 0.388 e. The Bertz CT molecular complexity index is 534. The van der Waals surface area contributed by atoms with Gasteiger partial charge in [-0.2, -0.15) is 0 Å². The lowest BCUT2D eigenvalue weighted by Gasteiger charge is -2.44. The third-order valence-corrected chi connectivity index (χ3v) is 6.23. The minimum absolute atomic E-state index is 0.216. The highest BCUT2D eigenvalue weighted by atomic mass is 35.5. The lowest BCUT2D eigenvalue weighted by molar-refractivity contribution is -0.205. The van der Waals surface area contributed by atoms with Crippen molar-refractivity contribution in [3.05, 3.63) is 11.6 Å². The summed E-state index contributed by atoms with van der Waals surface area (Å²) in [5.41, 5.74) is 0.539. The molecule has 27 heavy (non-hydrogen) atoms. The van der Waals surface area contributed by atoms with Crippen LogP contribution in [0.1, 0.15) is 33.1 Å². The van der Waals surface area contributed by atoms with E-state index in [0.29, 0.717) is 13.0 Å².